The summed E-state index contributed by atoms with van der Waals surface area (Å²) in [5.74, 6) is 2.94. The van der Waals surface area contributed by atoms with Gasteiger partial charge in [-0.25, -0.2) is 0 Å². The summed E-state index contributed by atoms with van der Waals surface area (Å²) >= 11 is 0. The molecule has 0 saturated carbocycles. The molecule has 1 aliphatic heterocycles. The zero-order chi connectivity index (χ0) is 17.1. The maximum absolute atomic E-state index is 12.5. The maximum Gasteiger partial charge on any atom is 0.260 e. The van der Waals surface area contributed by atoms with Gasteiger partial charge in [0, 0.05) is 13.1 Å². The smallest absolute Gasteiger partial charge is 0.260 e. The van der Waals surface area contributed by atoms with E-state index in [1.165, 1.54) is 0 Å². The highest BCUT2D eigenvalue weighted by Gasteiger charge is 2.23. The first kappa shape index (κ1) is 16.5. The molecule has 1 amide bonds. The third-order valence-corrected chi connectivity index (χ3v) is 4.70. The van der Waals surface area contributed by atoms with Crippen LogP contribution >= 0.6 is 0 Å². The van der Waals surface area contributed by atoms with Gasteiger partial charge >= 0.3 is 0 Å². The summed E-state index contributed by atoms with van der Waals surface area (Å²) in [4.78, 5) is 14.3. The Morgan fingerprint density at radius 3 is 2.88 bits per heavy atom. The molecule has 0 aliphatic carbocycles. The van der Waals surface area contributed by atoms with E-state index in [0.29, 0.717) is 19.0 Å². The van der Waals surface area contributed by atoms with Gasteiger partial charge in [-0.05, 0) is 30.9 Å². The van der Waals surface area contributed by atoms with Gasteiger partial charge in [0.15, 0.2) is 12.4 Å². The Morgan fingerprint density at radius 2 is 2.08 bits per heavy atom. The third kappa shape index (κ3) is 3.27. The number of carbonyl (C=O) groups is 1. The summed E-state index contributed by atoms with van der Waals surface area (Å²) < 4.78 is 7.89. The molecule has 24 heavy (non-hydrogen) atoms. The second-order valence-electron chi connectivity index (χ2n) is 6.27. The predicted molar refractivity (Wildman–Crippen MR) is 90.8 cm³/mol. The summed E-state index contributed by atoms with van der Waals surface area (Å²) in [6.07, 6.45) is 1.04. The number of rotatable bonds is 5. The van der Waals surface area contributed by atoms with Crippen molar-refractivity contribution in [3.05, 3.63) is 41.5 Å². The molecule has 2 heterocycles. The van der Waals surface area contributed by atoms with Gasteiger partial charge in [0.05, 0.1) is 6.54 Å². The summed E-state index contributed by atoms with van der Waals surface area (Å²) in [7, 11) is 0. The molecule has 0 unspecified atom stereocenters. The van der Waals surface area contributed by atoms with Crippen molar-refractivity contribution in [2.45, 2.75) is 46.2 Å². The Morgan fingerprint density at radius 1 is 1.29 bits per heavy atom. The lowest BCUT2D eigenvalue weighted by Crippen LogP contribution is -2.41. The van der Waals surface area contributed by atoms with Crippen LogP contribution in [0.3, 0.4) is 0 Å². The molecule has 3 rings (SSSR count). The number of carbonyl (C=O) groups excluding carboxylic acids is 1. The summed E-state index contributed by atoms with van der Waals surface area (Å²) in [6.45, 7) is 8.21. The van der Waals surface area contributed by atoms with Gasteiger partial charge in [0.1, 0.15) is 11.6 Å². The van der Waals surface area contributed by atoms with Crippen molar-refractivity contribution in [2.24, 2.45) is 0 Å². The first-order chi connectivity index (χ1) is 11.6. The molecule has 0 bridgehead atoms. The van der Waals surface area contributed by atoms with Gasteiger partial charge in [0.25, 0.3) is 5.91 Å². The van der Waals surface area contributed by atoms with Gasteiger partial charge < -0.3 is 14.2 Å². The molecule has 2 aromatic rings. The Balaban J connectivity index is 1.63. The molecule has 0 fully saturated rings. The number of benzene rings is 1. The first-order valence-corrected chi connectivity index (χ1v) is 8.48. The molecule has 0 radical (unpaired) electrons. The molecule has 0 spiro atoms. The lowest BCUT2D eigenvalue weighted by atomic mass is 9.98. The topological polar surface area (TPSA) is 60.2 Å². The van der Waals surface area contributed by atoms with Crippen molar-refractivity contribution < 1.29 is 9.53 Å². The molecule has 0 N–H and O–H groups in total. The average Bonchev–Trinajstić information content (AvgIpc) is 2.99. The van der Waals surface area contributed by atoms with Gasteiger partial charge in [-0.2, -0.15) is 0 Å². The number of para-hydroxylation sites is 1. The molecule has 1 aromatic heterocycles. The number of hydrogen-bond donors (Lipinski definition) is 0. The van der Waals surface area contributed by atoms with E-state index in [4.69, 9.17) is 4.74 Å². The molecule has 128 valence electrons. The van der Waals surface area contributed by atoms with E-state index in [0.717, 1.165) is 35.9 Å². The van der Waals surface area contributed by atoms with E-state index in [-0.39, 0.29) is 12.5 Å². The van der Waals surface area contributed by atoms with E-state index in [1.54, 1.807) is 4.90 Å². The van der Waals surface area contributed by atoms with E-state index in [2.05, 4.69) is 34.7 Å². The quantitative estimate of drug-likeness (QED) is 0.846. The summed E-state index contributed by atoms with van der Waals surface area (Å²) in [5.41, 5.74) is 1.15. The Kier molecular flexibility index (Phi) is 4.83. The third-order valence-electron chi connectivity index (χ3n) is 4.70. The SMILES string of the molecule is CC[C@@H](C)c1ccccc1OCC(=O)N1CCn2c(C)nnc2C1. The van der Waals surface area contributed by atoms with Crippen LogP contribution in [0.1, 0.15) is 43.4 Å². The van der Waals surface area contributed by atoms with Crippen LogP contribution in [-0.4, -0.2) is 38.7 Å². The molecule has 6 heteroatoms. The largest absolute Gasteiger partial charge is 0.483 e. The van der Waals surface area contributed by atoms with Gasteiger partial charge in [0.2, 0.25) is 0 Å². The minimum atomic E-state index is -0.0131. The van der Waals surface area contributed by atoms with Crippen molar-refractivity contribution >= 4 is 5.91 Å². The molecule has 1 aromatic carbocycles. The first-order valence-electron chi connectivity index (χ1n) is 8.48. The summed E-state index contributed by atoms with van der Waals surface area (Å²) in [6, 6.07) is 7.96. The van der Waals surface area contributed by atoms with Crippen LogP contribution in [0, 0.1) is 6.92 Å². The molecular formula is C18H24N4O2. The van der Waals surface area contributed by atoms with Crippen LogP contribution in [0.5, 0.6) is 5.75 Å². The maximum atomic E-state index is 12.5. The number of amides is 1. The highest BCUT2D eigenvalue weighted by Crippen LogP contribution is 2.28. The highest BCUT2D eigenvalue weighted by atomic mass is 16.5. The van der Waals surface area contributed by atoms with Gasteiger partial charge in [-0.15, -0.1) is 10.2 Å². The van der Waals surface area contributed by atoms with Crippen LogP contribution in [0.15, 0.2) is 24.3 Å². The van der Waals surface area contributed by atoms with Crippen LogP contribution in [0.25, 0.3) is 0 Å². The van der Waals surface area contributed by atoms with E-state index >= 15 is 0 Å². The predicted octanol–water partition coefficient (Wildman–Crippen LogP) is 2.52. The fraction of sp³-hybridized carbons (Fsp3) is 0.500. The number of fused-ring (bicyclic) bond motifs is 1. The van der Waals surface area contributed by atoms with Crippen LogP contribution in [0.4, 0.5) is 0 Å². The number of nitrogens with zero attached hydrogens (tertiary/aromatic N) is 4. The lowest BCUT2D eigenvalue weighted by molar-refractivity contribution is -0.134. The zero-order valence-corrected chi connectivity index (χ0v) is 14.5. The fourth-order valence-electron chi connectivity index (χ4n) is 2.99. The van der Waals surface area contributed by atoms with E-state index < -0.39 is 0 Å². The van der Waals surface area contributed by atoms with Crippen molar-refractivity contribution in [1.82, 2.24) is 19.7 Å². The molecule has 6 nitrogen and oxygen atoms in total. The highest BCUT2D eigenvalue weighted by molar-refractivity contribution is 5.77. The zero-order valence-electron chi connectivity index (χ0n) is 14.5. The summed E-state index contributed by atoms with van der Waals surface area (Å²) in [5, 5.41) is 8.20. The Hall–Kier alpha value is -2.37. The molecular weight excluding hydrogens is 304 g/mol. The number of aryl methyl sites for hydroxylation is 1. The second-order valence-corrected chi connectivity index (χ2v) is 6.27. The monoisotopic (exact) mass is 328 g/mol. The normalized spacial score (nSPS) is 15.0. The number of aromatic nitrogens is 3. The van der Waals surface area contributed by atoms with E-state index in [9.17, 15) is 4.79 Å². The minimum Gasteiger partial charge on any atom is -0.483 e. The van der Waals surface area contributed by atoms with Gasteiger partial charge in [-0.3, -0.25) is 4.79 Å². The second kappa shape index (κ2) is 7.03. The van der Waals surface area contributed by atoms with Crippen LogP contribution in [0.2, 0.25) is 0 Å². The standard InChI is InChI=1S/C18H24N4O2/c1-4-13(2)15-7-5-6-8-16(15)24-12-18(23)21-9-10-22-14(3)19-20-17(22)11-21/h5-8,13H,4,9-12H2,1-3H3/t13-/m1/s1. The molecule has 0 saturated heterocycles. The average molecular weight is 328 g/mol. The van der Waals surface area contributed by atoms with Gasteiger partial charge in [-0.1, -0.05) is 32.0 Å². The van der Waals surface area contributed by atoms with Crippen molar-refractivity contribution in [3.63, 3.8) is 0 Å². The van der Waals surface area contributed by atoms with E-state index in [1.807, 2.05) is 25.1 Å². The van der Waals surface area contributed by atoms with Crippen LogP contribution in [-0.2, 0) is 17.9 Å². The molecule has 1 atom stereocenters. The van der Waals surface area contributed by atoms with Crippen molar-refractivity contribution in [2.75, 3.05) is 13.2 Å². The number of ether oxygens (including phenoxy) is 1. The Labute approximate surface area is 142 Å². The lowest BCUT2D eigenvalue weighted by Gasteiger charge is -2.27. The van der Waals surface area contributed by atoms with Crippen molar-refractivity contribution in [1.29, 1.82) is 0 Å². The van der Waals surface area contributed by atoms with Crippen LogP contribution < -0.4 is 4.74 Å². The number of hydrogen-bond acceptors (Lipinski definition) is 4. The minimum absolute atomic E-state index is 0.0131. The van der Waals surface area contributed by atoms with Crippen molar-refractivity contribution in [3.8, 4) is 5.75 Å². The Bertz CT molecular complexity index is 726. The fourth-order valence-corrected chi connectivity index (χ4v) is 2.99. The molecule has 1 aliphatic rings.